The number of rotatable bonds is 4. The monoisotopic (exact) mass is 257 g/mol. The number of para-hydroxylation sites is 1. The number of ether oxygens (including phenoxy) is 1. The fourth-order valence-corrected chi connectivity index (χ4v) is 2.78. The molecule has 1 heterocycles. The van der Waals surface area contributed by atoms with E-state index in [1.54, 1.807) is 0 Å². The molecule has 0 aliphatic carbocycles. The van der Waals surface area contributed by atoms with Crippen LogP contribution >= 0.6 is 0 Å². The SMILES string of the molecule is CCCC1Oc2ccccc2C(=O)C1C(C)CC#N. The Hall–Kier alpha value is -1.82. The molecule has 3 unspecified atom stereocenters. The van der Waals surface area contributed by atoms with Crippen molar-refractivity contribution in [2.75, 3.05) is 0 Å². The molecule has 19 heavy (non-hydrogen) atoms. The molecule has 2 rings (SSSR count). The third kappa shape index (κ3) is 2.63. The summed E-state index contributed by atoms with van der Waals surface area (Å²) in [7, 11) is 0. The third-order valence-electron chi connectivity index (χ3n) is 3.73. The average molecular weight is 257 g/mol. The Kier molecular flexibility index (Phi) is 4.21. The van der Waals surface area contributed by atoms with Crippen LogP contribution in [-0.2, 0) is 0 Å². The van der Waals surface area contributed by atoms with Gasteiger partial charge in [0.2, 0.25) is 0 Å². The topological polar surface area (TPSA) is 50.1 Å². The van der Waals surface area contributed by atoms with Crippen LogP contribution in [0.25, 0.3) is 0 Å². The van der Waals surface area contributed by atoms with Crippen molar-refractivity contribution in [1.82, 2.24) is 0 Å². The maximum atomic E-state index is 12.6. The minimum absolute atomic E-state index is 0.0300. The van der Waals surface area contributed by atoms with Gasteiger partial charge >= 0.3 is 0 Å². The molecule has 0 bridgehead atoms. The van der Waals surface area contributed by atoms with Crippen molar-refractivity contribution in [3.63, 3.8) is 0 Å². The van der Waals surface area contributed by atoms with Crippen LogP contribution in [0.15, 0.2) is 24.3 Å². The minimum Gasteiger partial charge on any atom is -0.489 e. The molecule has 1 aromatic rings. The van der Waals surface area contributed by atoms with E-state index < -0.39 is 0 Å². The Morgan fingerprint density at radius 3 is 2.84 bits per heavy atom. The fraction of sp³-hybridized carbons (Fsp3) is 0.500. The molecule has 0 aromatic heterocycles. The molecule has 3 heteroatoms. The van der Waals surface area contributed by atoms with Gasteiger partial charge in [-0.15, -0.1) is 0 Å². The summed E-state index contributed by atoms with van der Waals surface area (Å²) < 4.78 is 5.99. The first-order valence-corrected chi connectivity index (χ1v) is 6.85. The van der Waals surface area contributed by atoms with Crippen LogP contribution in [0.1, 0.15) is 43.5 Å². The number of nitrogens with zero attached hydrogens (tertiary/aromatic N) is 1. The van der Waals surface area contributed by atoms with E-state index in [9.17, 15) is 4.79 Å². The first kappa shape index (κ1) is 13.6. The Morgan fingerprint density at radius 2 is 2.16 bits per heavy atom. The Labute approximate surface area is 114 Å². The predicted molar refractivity (Wildman–Crippen MR) is 73.0 cm³/mol. The van der Waals surface area contributed by atoms with E-state index >= 15 is 0 Å². The van der Waals surface area contributed by atoms with E-state index in [0.717, 1.165) is 12.8 Å². The summed E-state index contributed by atoms with van der Waals surface area (Å²) in [6, 6.07) is 9.56. The van der Waals surface area contributed by atoms with Crippen LogP contribution in [0.3, 0.4) is 0 Å². The maximum Gasteiger partial charge on any atom is 0.173 e. The van der Waals surface area contributed by atoms with Crippen molar-refractivity contribution in [3.8, 4) is 11.8 Å². The summed E-state index contributed by atoms with van der Waals surface area (Å²) in [6.07, 6.45) is 2.11. The third-order valence-corrected chi connectivity index (χ3v) is 3.73. The van der Waals surface area contributed by atoms with E-state index in [-0.39, 0.29) is 23.7 Å². The molecule has 0 amide bonds. The number of carbonyl (C=O) groups is 1. The van der Waals surface area contributed by atoms with Gasteiger partial charge in [-0.3, -0.25) is 4.79 Å². The number of ketones is 1. The summed E-state index contributed by atoms with van der Waals surface area (Å²) in [5.74, 6) is 0.645. The molecule has 1 aliphatic heterocycles. The van der Waals surface area contributed by atoms with Gasteiger partial charge in [-0.25, -0.2) is 0 Å². The Bertz CT molecular complexity index is 504. The van der Waals surface area contributed by atoms with Gasteiger partial charge in [0.1, 0.15) is 11.9 Å². The van der Waals surface area contributed by atoms with Crippen LogP contribution in [0, 0.1) is 23.2 Å². The largest absolute Gasteiger partial charge is 0.489 e. The van der Waals surface area contributed by atoms with E-state index in [0.29, 0.717) is 17.7 Å². The number of Topliss-reactive ketones (excluding diaryl/α,β-unsaturated/α-hetero) is 1. The van der Waals surface area contributed by atoms with Crippen LogP contribution in [0.5, 0.6) is 5.75 Å². The quantitative estimate of drug-likeness (QED) is 0.828. The van der Waals surface area contributed by atoms with Crippen molar-refractivity contribution in [3.05, 3.63) is 29.8 Å². The molecular formula is C16H19NO2. The van der Waals surface area contributed by atoms with Gasteiger partial charge in [0, 0.05) is 6.42 Å². The van der Waals surface area contributed by atoms with Gasteiger partial charge in [-0.2, -0.15) is 5.26 Å². The summed E-state index contributed by atoms with van der Waals surface area (Å²) in [5, 5.41) is 8.86. The van der Waals surface area contributed by atoms with Gasteiger partial charge in [0.15, 0.2) is 5.78 Å². The zero-order chi connectivity index (χ0) is 13.8. The van der Waals surface area contributed by atoms with Crippen molar-refractivity contribution in [1.29, 1.82) is 5.26 Å². The molecule has 0 fully saturated rings. The Morgan fingerprint density at radius 1 is 1.42 bits per heavy atom. The number of hydrogen-bond acceptors (Lipinski definition) is 3. The molecule has 0 saturated heterocycles. The molecule has 0 N–H and O–H groups in total. The lowest BCUT2D eigenvalue weighted by molar-refractivity contribution is 0.0509. The van der Waals surface area contributed by atoms with Crippen LogP contribution in [-0.4, -0.2) is 11.9 Å². The average Bonchev–Trinajstić information content (AvgIpc) is 2.39. The lowest BCUT2D eigenvalue weighted by Gasteiger charge is -2.35. The molecule has 100 valence electrons. The van der Waals surface area contributed by atoms with Gasteiger partial charge in [-0.1, -0.05) is 32.4 Å². The smallest absolute Gasteiger partial charge is 0.173 e. The zero-order valence-corrected chi connectivity index (χ0v) is 11.4. The highest BCUT2D eigenvalue weighted by molar-refractivity contribution is 6.01. The van der Waals surface area contributed by atoms with Gasteiger partial charge in [0.25, 0.3) is 0 Å². The van der Waals surface area contributed by atoms with Gasteiger partial charge in [-0.05, 0) is 24.5 Å². The summed E-state index contributed by atoms with van der Waals surface area (Å²) in [6.45, 7) is 4.05. The molecule has 1 aliphatic rings. The lowest BCUT2D eigenvalue weighted by atomic mass is 9.78. The van der Waals surface area contributed by atoms with E-state index in [1.165, 1.54) is 0 Å². The highest BCUT2D eigenvalue weighted by Gasteiger charge is 2.39. The highest BCUT2D eigenvalue weighted by Crippen LogP contribution is 2.36. The first-order chi connectivity index (χ1) is 9.19. The van der Waals surface area contributed by atoms with Crippen LogP contribution in [0.4, 0.5) is 0 Å². The van der Waals surface area contributed by atoms with E-state index in [4.69, 9.17) is 10.00 Å². The van der Waals surface area contributed by atoms with Crippen LogP contribution in [0.2, 0.25) is 0 Å². The van der Waals surface area contributed by atoms with E-state index in [2.05, 4.69) is 13.0 Å². The summed E-state index contributed by atoms with van der Waals surface area (Å²) in [5.41, 5.74) is 0.657. The predicted octanol–water partition coefficient (Wildman–Crippen LogP) is 3.60. The fourth-order valence-electron chi connectivity index (χ4n) is 2.78. The number of fused-ring (bicyclic) bond motifs is 1. The molecule has 3 nitrogen and oxygen atoms in total. The Balaban J connectivity index is 2.35. The summed E-state index contributed by atoms with van der Waals surface area (Å²) in [4.78, 5) is 12.6. The maximum absolute atomic E-state index is 12.6. The van der Waals surface area contributed by atoms with Crippen molar-refractivity contribution in [2.24, 2.45) is 11.8 Å². The highest BCUT2D eigenvalue weighted by atomic mass is 16.5. The molecule has 1 aromatic carbocycles. The zero-order valence-electron chi connectivity index (χ0n) is 11.4. The molecular weight excluding hydrogens is 238 g/mol. The van der Waals surface area contributed by atoms with Crippen molar-refractivity contribution < 1.29 is 9.53 Å². The second-order valence-electron chi connectivity index (χ2n) is 5.17. The second-order valence-corrected chi connectivity index (χ2v) is 5.17. The standard InChI is InChI=1S/C16H19NO2/c1-3-6-14-15(11(2)9-10-17)16(18)12-7-4-5-8-13(12)19-14/h4-5,7-8,11,14-15H,3,6,9H2,1-2H3. The number of benzene rings is 1. The molecule has 3 atom stereocenters. The normalized spacial score (nSPS) is 23.1. The summed E-state index contributed by atoms with van der Waals surface area (Å²) >= 11 is 0. The second kappa shape index (κ2) is 5.88. The van der Waals surface area contributed by atoms with Crippen molar-refractivity contribution in [2.45, 2.75) is 39.2 Å². The minimum atomic E-state index is -0.200. The number of carbonyl (C=O) groups excluding carboxylic acids is 1. The van der Waals surface area contributed by atoms with Gasteiger partial charge in [0.05, 0.1) is 17.6 Å². The number of nitriles is 1. The van der Waals surface area contributed by atoms with Crippen molar-refractivity contribution >= 4 is 5.78 Å². The number of hydrogen-bond donors (Lipinski definition) is 0. The molecule has 0 saturated carbocycles. The van der Waals surface area contributed by atoms with Crippen LogP contribution < -0.4 is 4.74 Å². The molecule has 0 radical (unpaired) electrons. The lowest BCUT2D eigenvalue weighted by Crippen LogP contribution is -2.41. The van der Waals surface area contributed by atoms with E-state index in [1.807, 2.05) is 31.2 Å². The molecule has 0 spiro atoms. The first-order valence-electron chi connectivity index (χ1n) is 6.85. The van der Waals surface area contributed by atoms with Gasteiger partial charge < -0.3 is 4.74 Å².